The number of fused-ring (bicyclic) bond motifs is 2. The number of hydrogen-bond acceptors (Lipinski definition) is 15. The highest BCUT2D eigenvalue weighted by atomic mass is 79.9. The number of aryl methyl sites for hydroxylation is 1. The summed E-state index contributed by atoms with van der Waals surface area (Å²) in [5, 5.41) is 9.05. The fraction of sp³-hybridized carbons (Fsp3) is 0.357. The number of nitrogens with zero attached hydrogens (tertiary/aromatic N) is 7. The molecule has 8 rings (SSSR count). The van der Waals surface area contributed by atoms with Gasteiger partial charge in [0.2, 0.25) is 17.8 Å². The number of amides is 3. The summed E-state index contributed by atoms with van der Waals surface area (Å²) in [4.78, 5) is 61.2. The van der Waals surface area contributed by atoms with Crippen LogP contribution < -0.4 is 30.9 Å². The van der Waals surface area contributed by atoms with Gasteiger partial charge in [-0.05, 0) is 90.1 Å². The van der Waals surface area contributed by atoms with E-state index in [1.165, 1.54) is 31.4 Å². The fourth-order valence-electron chi connectivity index (χ4n) is 8.48. The van der Waals surface area contributed by atoms with E-state index in [0.29, 0.717) is 50.6 Å². The van der Waals surface area contributed by atoms with Crippen LogP contribution in [0.4, 0.5) is 33.2 Å². The zero-order valence-corrected chi connectivity index (χ0v) is 37.2. The van der Waals surface area contributed by atoms with Crippen LogP contribution >= 0.6 is 23.5 Å². The molecule has 1 unspecified atom stereocenters. The van der Waals surface area contributed by atoms with Crippen molar-refractivity contribution < 1.29 is 37.1 Å². The van der Waals surface area contributed by atoms with Crippen LogP contribution in [0, 0.1) is 12.7 Å². The summed E-state index contributed by atoms with van der Waals surface area (Å²) in [5.74, 6) is -0.770. The number of carbonyl (C=O) groups excluding carboxylic acids is 3. The topological polar surface area (TPSA) is 193 Å². The van der Waals surface area contributed by atoms with Gasteiger partial charge in [0.1, 0.15) is 34.2 Å². The number of ether oxygens (including phenoxy) is 1. The third kappa shape index (κ3) is 8.34. The Morgan fingerprint density at radius 2 is 1.74 bits per heavy atom. The first-order valence-electron chi connectivity index (χ1n) is 19.9. The summed E-state index contributed by atoms with van der Waals surface area (Å²) in [6.07, 6.45) is 6.74. The number of imide groups is 1. The highest BCUT2D eigenvalue weighted by molar-refractivity contribution is 9.10. The van der Waals surface area contributed by atoms with E-state index in [4.69, 9.17) is 18.8 Å². The Morgan fingerprint density at radius 3 is 2.47 bits per heavy atom. The summed E-state index contributed by atoms with van der Waals surface area (Å²) >= 11 is 3.53. The Balaban J connectivity index is 0.930. The van der Waals surface area contributed by atoms with Crippen LogP contribution in [0.2, 0.25) is 0 Å². The smallest absolute Gasteiger partial charge is 0.365 e. The van der Waals surface area contributed by atoms with Crippen molar-refractivity contribution in [3.63, 3.8) is 0 Å². The quantitative estimate of drug-likeness (QED) is 0.0906. The lowest BCUT2D eigenvalue weighted by Gasteiger charge is -2.38. The lowest BCUT2D eigenvalue weighted by molar-refractivity contribution is -0.136. The molecule has 17 nitrogen and oxygen atoms in total. The highest BCUT2D eigenvalue weighted by Crippen LogP contribution is 2.49. The number of methoxy groups -OCH3 is 1. The number of nitrogens with one attached hydrogen (secondary N) is 3. The molecule has 3 aliphatic rings. The number of benzene rings is 3. The van der Waals surface area contributed by atoms with Crippen molar-refractivity contribution in [3.8, 4) is 5.75 Å². The number of hydrogen-bond donors (Lipinski definition) is 3. The number of anilines is 5. The first-order chi connectivity index (χ1) is 29.8. The van der Waals surface area contributed by atoms with Gasteiger partial charge in [0, 0.05) is 83.2 Å². The standard InChI is InChI=1S/C42H45BrFN10O7P/c1-23-16-31(49-42-47-20-27(43)39(51-42)48-30-7-6-29-37(46-13-12-45-29)38(30)62(58,60-4)61-5)34(59-3)19-33(23)53-14-10-26(11-15-53)52(2)21-24-17-25-22-54(41(57)36(25)28(44)18-24)32-8-9-35(55)50-40(32)56/h6-7,12-13,16-20,26,32H,8-11,14-15,21-22H2,1-5H3,(H,50,55,56)(H2,47,48,49,51). The molecule has 0 bridgehead atoms. The summed E-state index contributed by atoms with van der Waals surface area (Å²) < 4.78 is 46.4. The molecule has 3 N–H and O–H groups in total. The van der Waals surface area contributed by atoms with Gasteiger partial charge in [0.25, 0.3) is 5.91 Å². The van der Waals surface area contributed by atoms with Crippen LogP contribution in [0.5, 0.6) is 5.75 Å². The van der Waals surface area contributed by atoms with E-state index in [2.05, 4.69) is 56.6 Å². The van der Waals surface area contributed by atoms with E-state index in [9.17, 15) is 18.9 Å². The number of halogens is 2. The molecular formula is C42H45BrFN10O7P. The maximum absolute atomic E-state index is 15.4. The molecule has 3 amide bonds. The molecule has 324 valence electrons. The zero-order valence-electron chi connectivity index (χ0n) is 34.7. The van der Waals surface area contributed by atoms with Gasteiger partial charge < -0.3 is 34.2 Å². The lowest BCUT2D eigenvalue weighted by atomic mass is 10.00. The summed E-state index contributed by atoms with van der Waals surface area (Å²) in [6.45, 7) is 4.22. The molecular weight excluding hydrogens is 886 g/mol. The van der Waals surface area contributed by atoms with E-state index in [-0.39, 0.29) is 48.2 Å². The molecule has 3 aromatic carbocycles. The first-order valence-corrected chi connectivity index (χ1v) is 22.3. The lowest BCUT2D eigenvalue weighted by Crippen LogP contribution is -2.52. The molecule has 20 heteroatoms. The number of piperidine rings is 2. The molecule has 3 aliphatic heterocycles. The number of rotatable bonds is 13. The molecule has 5 heterocycles. The van der Waals surface area contributed by atoms with Gasteiger partial charge in [0.15, 0.2) is 0 Å². The summed E-state index contributed by atoms with van der Waals surface area (Å²) in [5.41, 5.74) is 5.29. The average molecular weight is 932 g/mol. The van der Waals surface area contributed by atoms with Crippen LogP contribution in [0.1, 0.15) is 52.7 Å². The van der Waals surface area contributed by atoms with Crippen LogP contribution in [0.3, 0.4) is 0 Å². The summed E-state index contributed by atoms with van der Waals surface area (Å²) in [6, 6.07) is 10.2. The minimum atomic E-state index is -3.81. The average Bonchev–Trinajstić information content (AvgIpc) is 3.60. The Kier molecular flexibility index (Phi) is 12.3. The Morgan fingerprint density at radius 1 is 0.984 bits per heavy atom. The largest absolute Gasteiger partial charge is 0.494 e. The van der Waals surface area contributed by atoms with E-state index in [1.807, 2.05) is 32.2 Å². The second kappa shape index (κ2) is 17.6. The van der Waals surface area contributed by atoms with Crippen molar-refractivity contribution in [1.29, 1.82) is 0 Å². The highest BCUT2D eigenvalue weighted by Gasteiger charge is 2.41. The maximum Gasteiger partial charge on any atom is 0.365 e. The Bertz CT molecular complexity index is 2640. The number of aromatic nitrogens is 4. The molecule has 0 aliphatic carbocycles. The van der Waals surface area contributed by atoms with Crippen molar-refractivity contribution in [1.82, 2.24) is 35.1 Å². The molecule has 62 heavy (non-hydrogen) atoms. The normalized spacial score (nSPS) is 17.2. The molecule has 0 saturated carbocycles. The van der Waals surface area contributed by atoms with Gasteiger partial charge in [-0.3, -0.25) is 39.1 Å². The molecule has 0 spiro atoms. The van der Waals surface area contributed by atoms with E-state index in [0.717, 1.165) is 42.7 Å². The Labute approximate surface area is 365 Å². The zero-order chi connectivity index (χ0) is 43.9. The van der Waals surface area contributed by atoms with Crippen molar-refractivity contribution in [3.05, 3.63) is 87.5 Å². The molecule has 1 atom stereocenters. The first kappa shape index (κ1) is 43.1. The van der Waals surface area contributed by atoms with Crippen LogP contribution in [0.25, 0.3) is 11.0 Å². The van der Waals surface area contributed by atoms with E-state index in [1.54, 1.807) is 31.6 Å². The molecule has 2 saturated heterocycles. The molecule has 0 radical (unpaired) electrons. The van der Waals surface area contributed by atoms with E-state index < -0.39 is 31.3 Å². The number of carbonyl (C=O) groups is 3. The van der Waals surface area contributed by atoms with Gasteiger partial charge in [-0.25, -0.2) is 9.37 Å². The Hall–Kier alpha value is -5.59. The fourth-order valence-corrected chi connectivity index (χ4v) is 10.1. The molecule has 5 aromatic rings. The summed E-state index contributed by atoms with van der Waals surface area (Å²) in [7, 11) is 2.44. The van der Waals surface area contributed by atoms with E-state index >= 15 is 4.39 Å². The van der Waals surface area contributed by atoms with Crippen molar-refractivity contribution in [2.24, 2.45) is 0 Å². The minimum Gasteiger partial charge on any atom is -0.494 e. The van der Waals surface area contributed by atoms with Gasteiger partial charge >= 0.3 is 7.60 Å². The molecule has 2 fully saturated rings. The van der Waals surface area contributed by atoms with Gasteiger partial charge in [-0.2, -0.15) is 4.98 Å². The minimum absolute atomic E-state index is 0.00118. The SMILES string of the molecule is COc1cc(N2CCC(N(C)Cc3cc(F)c4c(c3)CN(C3CCC(=O)NC3=O)C4=O)CC2)c(C)cc1Nc1ncc(Br)c(Nc2ccc3nccnc3c2P(=O)(OC)OC)n1. The third-order valence-corrected chi connectivity index (χ3v) is 14.2. The predicted molar refractivity (Wildman–Crippen MR) is 234 cm³/mol. The van der Waals surface area contributed by atoms with Gasteiger partial charge in [-0.1, -0.05) is 6.07 Å². The van der Waals surface area contributed by atoms with Gasteiger partial charge in [0.05, 0.1) is 34.0 Å². The van der Waals surface area contributed by atoms with Crippen LogP contribution in [-0.4, -0.2) is 101 Å². The second-order valence-electron chi connectivity index (χ2n) is 15.4. The second-order valence-corrected chi connectivity index (χ2v) is 18.4. The maximum atomic E-state index is 15.4. The van der Waals surface area contributed by atoms with Crippen LogP contribution in [-0.2, 0) is 36.3 Å². The van der Waals surface area contributed by atoms with Crippen molar-refractivity contribution in [2.75, 3.05) is 57.0 Å². The predicted octanol–water partition coefficient (Wildman–Crippen LogP) is 6.10. The van der Waals surface area contributed by atoms with Crippen LogP contribution in [0.15, 0.2) is 59.5 Å². The van der Waals surface area contributed by atoms with Crippen molar-refractivity contribution >= 4 is 86.4 Å². The monoisotopic (exact) mass is 930 g/mol. The third-order valence-electron chi connectivity index (χ3n) is 11.6. The molecule has 2 aromatic heterocycles. The van der Waals surface area contributed by atoms with Gasteiger partial charge in [-0.15, -0.1) is 0 Å². The van der Waals surface area contributed by atoms with Crippen molar-refractivity contribution in [2.45, 2.75) is 57.8 Å².